The Kier molecular flexibility index (Phi) is 9.91. The predicted molar refractivity (Wildman–Crippen MR) is 145 cm³/mol. The van der Waals surface area contributed by atoms with E-state index in [1.165, 1.54) is 39.1 Å². The van der Waals surface area contributed by atoms with E-state index in [1.807, 2.05) is 0 Å². The van der Waals surface area contributed by atoms with Crippen molar-refractivity contribution in [2.75, 3.05) is 0 Å². The summed E-state index contributed by atoms with van der Waals surface area (Å²) >= 11 is 1.48. The van der Waals surface area contributed by atoms with Gasteiger partial charge >= 0.3 is 208 Å². The van der Waals surface area contributed by atoms with Crippen LogP contribution in [-0.4, -0.2) is 46.6 Å². The van der Waals surface area contributed by atoms with Crippen molar-refractivity contribution in [1.82, 2.24) is 0 Å². The standard InChI is InChI=1S/C26H43Si3.Na/c1-21(2)28(22(3)4,19-25-15-11-9-12-16-25)27-29(23(5)6,24(7)8)20-26-17-13-10-14-18-26;/h9-18,21-24,27H,19-20H2,1-8H3;. The fraction of sp³-hybridized carbons (Fsp3) is 0.538. The van der Waals surface area contributed by atoms with Gasteiger partial charge in [-0.1, -0.05) is 0 Å². The molecule has 0 heterocycles. The van der Waals surface area contributed by atoms with Crippen molar-refractivity contribution in [1.29, 1.82) is 0 Å². The Bertz CT molecular complexity index is 675. The molecule has 0 N–H and O–H groups in total. The molecule has 0 saturated carbocycles. The number of benzene rings is 2. The summed E-state index contributed by atoms with van der Waals surface area (Å²) in [5.74, 6) is 0. The summed E-state index contributed by atoms with van der Waals surface area (Å²) in [5.41, 5.74) is 6.77. The molecule has 4 heteroatoms. The molecule has 0 bridgehead atoms. The molecule has 2 aromatic rings. The Morgan fingerprint density at radius 3 is 1.07 bits per heavy atom. The second-order valence-corrected chi connectivity index (χ2v) is 45.9. The van der Waals surface area contributed by atoms with E-state index < -0.39 is 19.6 Å². The van der Waals surface area contributed by atoms with Gasteiger partial charge in [0.25, 0.3) is 0 Å². The number of rotatable bonds is 10. The van der Waals surface area contributed by atoms with Gasteiger partial charge in [-0.05, 0) is 0 Å². The van der Waals surface area contributed by atoms with Gasteiger partial charge in [0.15, 0.2) is 0 Å². The minimum absolute atomic E-state index is 0.858. The molecule has 30 heavy (non-hydrogen) atoms. The Morgan fingerprint density at radius 2 is 0.833 bits per heavy atom. The molecule has 160 valence electrons. The van der Waals surface area contributed by atoms with Crippen molar-refractivity contribution in [3.63, 3.8) is 0 Å². The topological polar surface area (TPSA) is 0 Å². The Hall–Kier alpha value is 0.0906. The molecule has 0 saturated heterocycles. The third-order valence-corrected chi connectivity index (χ3v) is 70.4. The summed E-state index contributed by atoms with van der Waals surface area (Å²) in [6.07, 6.45) is 0. The van der Waals surface area contributed by atoms with E-state index >= 15 is 0 Å². The Labute approximate surface area is 206 Å². The van der Waals surface area contributed by atoms with Crippen LogP contribution in [0.1, 0.15) is 66.5 Å². The van der Waals surface area contributed by atoms with Crippen molar-refractivity contribution in [3.05, 3.63) is 71.8 Å². The molecule has 0 amide bonds. The summed E-state index contributed by atoms with van der Waals surface area (Å²) in [5, 5.41) is 0. The molecular formula is C26H43NaSi3. The molecule has 2 rings (SSSR count). The molecule has 0 aromatic heterocycles. The van der Waals surface area contributed by atoms with Crippen LogP contribution in [0.3, 0.4) is 0 Å². The van der Waals surface area contributed by atoms with Crippen LogP contribution in [0, 0.1) is 0 Å². The van der Waals surface area contributed by atoms with Gasteiger partial charge in [-0.3, -0.25) is 0 Å². The fourth-order valence-corrected chi connectivity index (χ4v) is 87.4. The summed E-state index contributed by atoms with van der Waals surface area (Å²) in [6.45, 7) is 20.9. The first-order valence-electron chi connectivity index (χ1n) is 12.2. The Morgan fingerprint density at radius 1 is 0.567 bits per heavy atom. The van der Waals surface area contributed by atoms with Crippen LogP contribution >= 0.6 is 0 Å². The summed E-state index contributed by atoms with van der Waals surface area (Å²) in [7, 11) is -2.89. The summed E-state index contributed by atoms with van der Waals surface area (Å²) < 4.78 is -0.858. The van der Waals surface area contributed by atoms with Gasteiger partial charge in [-0.15, -0.1) is 0 Å². The zero-order valence-corrected chi connectivity index (χ0v) is 26.2. The predicted octanol–water partition coefficient (Wildman–Crippen LogP) is 7.14. The molecule has 0 spiro atoms. The quantitative estimate of drug-likeness (QED) is 0.329. The maximum atomic E-state index is 2.61. The van der Waals surface area contributed by atoms with Gasteiger partial charge in [0.05, 0.1) is 0 Å². The van der Waals surface area contributed by atoms with Crippen LogP contribution in [0.2, 0.25) is 22.2 Å². The first-order chi connectivity index (χ1) is 14.1. The van der Waals surface area contributed by atoms with E-state index in [0.29, 0.717) is 0 Å². The summed E-state index contributed by atoms with van der Waals surface area (Å²) in [4.78, 5) is 0. The van der Waals surface area contributed by atoms with E-state index in [-0.39, 0.29) is 0 Å². The molecule has 2 aromatic carbocycles. The molecule has 0 radical (unpaired) electrons. The molecular weight excluding hydrogens is 420 g/mol. The SMILES string of the molecule is CC(C)[Si](Cc1ccccc1)(C(C)C)[SiH]([Na])[Si](Cc1ccccc1)(C(C)C)C(C)C. The molecule has 0 nitrogen and oxygen atoms in total. The molecule has 0 aliphatic heterocycles. The van der Waals surface area contributed by atoms with E-state index in [9.17, 15) is 0 Å². The van der Waals surface area contributed by atoms with Crippen LogP contribution in [0.5, 0.6) is 0 Å². The van der Waals surface area contributed by atoms with E-state index in [2.05, 4.69) is 116 Å². The molecule has 0 fully saturated rings. The second-order valence-electron chi connectivity index (χ2n) is 10.9. The van der Waals surface area contributed by atoms with Crippen LogP contribution in [0.25, 0.3) is 0 Å². The Balaban J connectivity index is 2.65. The molecule has 0 atom stereocenters. The first kappa shape index (κ1) is 26.3. The van der Waals surface area contributed by atoms with Crippen LogP contribution < -0.4 is 0 Å². The van der Waals surface area contributed by atoms with Gasteiger partial charge in [0, 0.05) is 0 Å². The van der Waals surface area contributed by atoms with Crippen LogP contribution in [-0.2, 0) is 12.1 Å². The third kappa shape index (κ3) is 5.35. The van der Waals surface area contributed by atoms with Crippen molar-refractivity contribution in [2.45, 2.75) is 89.6 Å². The van der Waals surface area contributed by atoms with Gasteiger partial charge in [-0.25, -0.2) is 0 Å². The normalized spacial score (nSPS) is 13.3. The monoisotopic (exact) mass is 462 g/mol. The maximum absolute atomic E-state index is 2.61. The molecule has 0 unspecified atom stereocenters. The zero-order chi connectivity index (χ0) is 22.5. The van der Waals surface area contributed by atoms with Gasteiger partial charge < -0.3 is 0 Å². The molecule has 0 aliphatic carbocycles. The average Bonchev–Trinajstić information content (AvgIpc) is 2.70. The minimum atomic E-state index is -1.45. The summed E-state index contributed by atoms with van der Waals surface area (Å²) in [6, 6.07) is 25.9. The van der Waals surface area contributed by atoms with Crippen molar-refractivity contribution in [3.8, 4) is 0 Å². The van der Waals surface area contributed by atoms with Gasteiger partial charge in [0.1, 0.15) is 0 Å². The zero-order valence-electron chi connectivity index (χ0n) is 21.1. The molecule has 0 aliphatic rings. The number of hydrogen-bond acceptors (Lipinski definition) is 0. The van der Waals surface area contributed by atoms with Crippen molar-refractivity contribution in [2.24, 2.45) is 0 Å². The van der Waals surface area contributed by atoms with Crippen LogP contribution in [0.15, 0.2) is 60.7 Å². The van der Waals surface area contributed by atoms with Crippen LogP contribution in [0.4, 0.5) is 0 Å². The fourth-order valence-electron chi connectivity index (χ4n) is 6.86. The van der Waals surface area contributed by atoms with Crippen molar-refractivity contribution >= 4 is 46.6 Å². The third-order valence-electron chi connectivity index (χ3n) is 8.62. The van der Waals surface area contributed by atoms with Crippen molar-refractivity contribution < 1.29 is 0 Å². The van der Waals surface area contributed by atoms with E-state index in [0.717, 1.165) is 22.2 Å². The van der Waals surface area contributed by atoms with Gasteiger partial charge in [0.2, 0.25) is 0 Å². The van der Waals surface area contributed by atoms with Gasteiger partial charge in [-0.2, -0.15) is 0 Å². The van der Waals surface area contributed by atoms with E-state index in [4.69, 9.17) is 0 Å². The first-order valence-corrected chi connectivity index (χ1v) is 25.1. The average molecular weight is 463 g/mol. The second kappa shape index (κ2) is 11.3. The van der Waals surface area contributed by atoms with E-state index in [1.54, 1.807) is 11.1 Å². The number of hydrogen-bond donors (Lipinski definition) is 0.